The second kappa shape index (κ2) is 11.3. The first-order chi connectivity index (χ1) is 13.1. The highest BCUT2D eigenvalue weighted by Gasteiger charge is 2.12. The summed E-state index contributed by atoms with van der Waals surface area (Å²) >= 11 is 5.88. The molecule has 0 aliphatic carbocycles. The van der Waals surface area contributed by atoms with Crippen molar-refractivity contribution in [2.24, 2.45) is 0 Å². The molecule has 2 rings (SSSR count). The van der Waals surface area contributed by atoms with Crippen LogP contribution in [-0.4, -0.2) is 12.6 Å². The van der Waals surface area contributed by atoms with Crippen LogP contribution in [-0.2, 0) is 9.53 Å². The molecule has 1 aromatic heterocycles. The van der Waals surface area contributed by atoms with Crippen molar-refractivity contribution in [2.75, 3.05) is 6.61 Å². The molecule has 4 nitrogen and oxygen atoms in total. The van der Waals surface area contributed by atoms with E-state index in [0.29, 0.717) is 23.2 Å². The van der Waals surface area contributed by atoms with E-state index >= 15 is 0 Å². The SMILES string of the molecule is CCCCCCCCOC(=O)/C(C#N)=C/c1ccc(-c2ccc(Cl)cc2)o1. The van der Waals surface area contributed by atoms with Gasteiger partial charge in [-0.3, -0.25) is 0 Å². The lowest BCUT2D eigenvalue weighted by atomic mass is 10.1. The number of esters is 1. The summed E-state index contributed by atoms with van der Waals surface area (Å²) in [6.07, 6.45) is 8.05. The van der Waals surface area contributed by atoms with Crippen LogP contribution in [0, 0.1) is 11.3 Å². The van der Waals surface area contributed by atoms with Gasteiger partial charge in [0.05, 0.1) is 6.61 Å². The van der Waals surface area contributed by atoms with Crippen LogP contribution in [0.2, 0.25) is 5.02 Å². The van der Waals surface area contributed by atoms with E-state index in [0.717, 1.165) is 24.8 Å². The van der Waals surface area contributed by atoms with E-state index in [2.05, 4.69) is 6.92 Å². The minimum atomic E-state index is -0.615. The molecule has 1 heterocycles. The van der Waals surface area contributed by atoms with Crippen molar-refractivity contribution in [2.45, 2.75) is 45.4 Å². The zero-order valence-electron chi connectivity index (χ0n) is 15.5. The monoisotopic (exact) mass is 385 g/mol. The normalized spacial score (nSPS) is 11.2. The first-order valence-corrected chi connectivity index (χ1v) is 9.66. The lowest BCUT2D eigenvalue weighted by Crippen LogP contribution is -2.07. The molecule has 0 aliphatic heterocycles. The van der Waals surface area contributed by atoms with Crippen LogP contribution in [0.3, 0.4) is 0 Å². The van der Waals surface area contributed by atoms with E-state index in [1.807, 2.05) is 18.2 Å². The van der Waals surface area contributed by atoms with Gasteiger partial charge in [0.2, 0.25) is 0 Å². The molecular weight excluding hydrogens is 362 g/mol. The van der Waals surface area contributed by atoms with Crippen molar-refractivity contribution in [3.05, 3.63) is 52.8 Å². The second-order valence-electron chi connectivity index (χ2n) is 6.28. The van der Waals surface area contributed by atoms with Gasteiger partial charge < -0.3 is 9.15 Å². The summed E-state index contributed by atoms with van der Waals surface area (Å²) in [6, 6.07) is 12.6. The number of hydrogen-bond donors (Lipinski definition) is 0. The van der Waals surface area contributed by atoms with Gasteiger partial charge in [-0.2, -0.15) is 5.26 Å². The Morgan fingerprint density at radius 2 is 1.81 bits per heavy atom. The molecule has 0 amide bonds. The average Bonchev–Trinajstić information content (AvgIpc) is 3.14. The number of halogens is 1. The maximum atomic E-state index is 12.1. The molecule has 0 radical (unpaired) electrons. The summed E-state index contributed by atoms with van der Waals surface area (Å²) in [5.41, 5.74) is 0.793. The van der Waals surface area contributed by atoms with E-state index in [1.54, 1.807) is 24.3 Å². The zero-order valence-corrected chi connectivity index (χ0v) is 16.3. The van der Waals surface area contributed by atoms with E-state index in [1.165, 1.54) is 25.3 Å². The maximum absolute atomic E-state index is 12.1. The van der Waals surface area contributed by atoms with Crippen LogP contribution in [0.5, 0.6) is 0 Å². The van der Waals surface area contributed by atoms with Crippen LogP contribution in [0.15, 0.2) is 46.4 Å². The summed E-state index contributed by atoms with van der Waals surface area (Å²) in [7, 11) is 0. The van der Waals surface area contributed by atoms with Gasteiger partial charge in [-0.15, -0.1) is 0 Å². The third-order valence-corrected chi connectivity index (χ3v) is 4.37. The number of nitrogens with zero attached hydrogens (tertiary/aromatic N) is 1. The highest BCUT2D eigenvalue weighted by molar-refractivity contribution is 6.30. The van der Waals surface area contributed by atoms with Crippen molar-refractivity contribution < 1.29 is 13.9 Å². The van der Waals surface area contributed by atoms with Crippen molar-refractivity contribution in [3.8, 4) is 17.4 Å². The lowest BCUT2D eigenvalue weighted by molar-refractivity contribution is -0.138. The first kappa shape index (κ1) is 20.8. The van der Waals surface area contributed by atoms with Gasteiger partial charge >= 0.3 is 5.97 Å². The van der Waals surface area contributed by atoms with E-state index in [4.69, 9.17) is 20.8 Å². The topological polar surface area (TPSA) is 63.2 Å². The van der Waals surface area contributed by atoms with Crippen molar-refractivity contribution >= 4 is 23.6 Å². The van der Waals surface area contributed by atoms with Crippen LogP contribution in [0.1, 0.15) is 51.2 Å². The Balaban J connectivity index is 1.89. The first-order valence-electron chi connectivity index (χ1n) is 9.28. The Morgan fingerprint density at radius 3 is 2.52 bits per heavy atom. The third kappa shape index (κ3) is 6.96. The van der Waals surface area contributed by atoms with Crippen LogP contribution >= 0.6 is 11.6 Å². The molecule has 1 aromatic carbocycles. The van der Waals surface area contributed by atoms with Crippen LogP contribution in [0.4, 0.5) is 0 Å². The molecule has 0 fully saturated rings. The molecule has 0 spiro atoms. The molecule has 2 aromatic rings. The Bertz CT molecular complexity index is 800. The summed E-state index contributed by atoms with van der Waals surface area (Å²) in [5, 5.41) is 9.88. The largest absolute Gasteiger partial charge is 0.462 e. The number of furan rings is 1. The van der Waals surface area contributed by atoms with Crippen LogP contribution in [0.25, 0.3) is 17.4 Å². The molecule has 0 unspecified atom stereocenters. The quantitative estimate of drug-likeness (QED) is 0.205. The van der Waals surface area contributed by atoms with E-state index in [9.17, 15) is 10.1 Å². The van der Waals surface area contributed by atoms with Gasteiger partial charge in [-0.25, -0.2) is 4.79 Å². The molecule has 142 valence electrons. The molecule has 0 saturated heterocycles. The number of ether oxygens (including phenoxy) is 1. The molecule has 0 aliphatic rings. The Labute approximate surface area is 165 Å². The maximum Gasteiger partial charge on any atom is 0.349 e. The summed E-state index contributed by atoms with van der Waals surface area (Å²) in [4.78, 5) is 12.1. The summed E-state index contributed by atoms with van der Waals surface area (Å²) < 4.78 is 10.9. The van der Waals surface area contributed by atoms with Crippen molar-refractivity contribution in [3.63, 3.8) is 0 Å². The fraction of sp³-hybridized carbons (Fsp3) is 0.364. The number of nitriles is 1. The molecule has 0 bridgehead atoms. The number of carbonyl (C=O) groups excluding carboxylic acids is 1. The van der Waals surface area contributed by atoms with Gasteiger partial charge in [0.1, 0.15) is 23.2 Å². The Morgan fingerprint density at radius 1 is 1.11 bits per heavy atom. The minimum Gasteiger partial charge on any atom is -0.462 e. The number of hydrogen-bond acceptors (Lipinski definition) is 4. The zero-order chi connectivity index (χ0) is 19.5. The van der Waals surface area contributed by atoms with Gasteiger partial charge in [-0.05, 0) is 42.8 Å². The highest BCUT2D eigenvalue weighted by atomic mass is 35.5. The highest BCUT2D eigenvalue weighted by Crippen LogP contribution is 2.25. The Hall–Kier alpha value is -2.51. The lowest BCUT2D eigenvalue weighted by Gasteiger charge is -2.03. The van der Waals surface area contributed by atoms with Gasteiger partial charge in [0, 0.05) is 16.7 Å². The third-order valence-electron chi connectivity index (χ3n) is 4.11. The van der Waals surface area contributed by atoms with E-state index in [-0.39, 0.29) is 5.57 Å². The number of rotatable bonds is 10. The van der Waals surface area contributed by atoms with Crippen LogP contribution < -0.4 is 0 Å². The van der Waals surface area contributed by atoms with Gasteiger partial charge in [-0.1, -0.05) is 50.6 Å². The Kier molecular flexibility index (Phi) is 8.67. The molecular formula is C22H24ClNO3. The van der Waals surface area contributed by atoms with E-state index < -0.39 is 5.97 Å². The standard InChI is InChI=1S/C22H24ClNO3/c1-2-3-4-5-6-7-14-26-22(25)18(16-24)15-20-12-13-21(27-20)17-8-10-19(23)11-9-17/h8-13,15H,2-7,14H2,1H3/b18-15+. The van der Waals surface area contributed by atoms with Crippen molar-refractivity contribution in [1.82, 2.24) is 0 Å². The fourth-order valence-electron chi connectivity index (χ4n) is 2.60. The number of unbranched alkanes of at least 4 members (excludes halogenated alkanes) is 5. The number of carbonyl (C=O) groups is 1. The molecule has 0 saturated carbocycles. The molecule has 0 N–H and O–H groups in total. The van der Waals surface area contributed by atoms with Gasteiger partial charge in [0.25, 0.3) is 0 Å². The fourth-order valence-corrected chi connectivity index (χ4v) is 2.73. The predicted octanol–water partition coefficient (Wildman–Crippen LogP) is 6.41. The molecule has 0 atom stereocenters. The number of benzene rings is 1. The molecule has 27 heavy (non-hydrogen) atoms. The van der Waals surface area contributed by atoms with Crippen molar-refractivity contribution in [1.29, 1.82) is 5.26 Å². The summed E-state index contributed by atoms with van der Waals surface area (Å²) in [5.74, 6) is 0.444. The smallest absolute Gasteiger partial charge is 0.349 e. The molecule has 5 heteroatoms. The minimum absolute atomic E-state index is 0.0713. The average molecular weight is 386 g/mol. The van der Waals surface area contributed by atoms with Gasteiger partial charge in [0.15, 0.2) is 0 Å². The predicted molar refractivity (Wildman–Crippen MR) is 107 cm³/mol. The summed E-state index contributed by atoms with van der Waals surface area (Å²) in [6.45, 7) is 2.51. The second-order valence-corrected chi connectivity index (χ2v) is 6.72.